The second-order valence-corrected chi connectivity index (χ2v) is 7.54. The topological polar surface area (TPSA) is 193 Å². The van der Waals surface area contributed by atoms with Gasteiger partial charge in [-0.3, -0.25) is 4.79 Å². The van der Waals surface area contributed by atoms with Crippen molar-refractivity contribution in [2.24, 2.45) is 5.73 Å². The van der Waals surface area contributed by atoms with Gasteiger partial charge in [0.25, 0.3) is 5.91 Å². The van der Waals surface area contributed by atoms with E-state index in [0.717, 1.165) is 0 Å². The highest BCUT2D eigenvalue weighted by atomic mass is 16.4. The smallest absolute Gasteiger partial charge is 0.405 e. The number of aliphatic hydroxyl groups excluding tert-OH is 1. The highest BCUT2D eigenvalue weighted by Crippen LogP contribution is 2.25. The molecular formula is C20H23N9O4. The molecule has 0 aliphatic heterocycles. The molecule has 0 saturated heterocycles. The molecule has 4 rings (SSSR count). The van der Waals surface area contributed by atoms with E-state index in [-0.39, 0.29) is 17.3 Å². The lowest BCUT2D eigenvalue weighted by molar-refractivity contribution is 0.0815. The largest absolute Gasteiger partial charge is 0.465 e. The van der Waals surface area contributed by atoms with Crippen LogP contribution in [-0.4, -0.2) is 65.4 Å². The molecule has 1 saturated carbocycles. The number of aromatic nitrogens is 5. The van der Waals surface area contributed by atoms with Gasteiger partial charge in [0.15, 0.2) is 0 Å². The fourth-order valence-electron chi connectivity index (χ4n) is 3.76. The molecule has 2 aromatic heterocycles. The Bertz CT molecular complexity index is 1140. The first kappa shape index (κ1) is 22.0. The van der Waals surface area contributed by atoms with Gasteiger partial charge in [0, 0.05) is 11.9 Å². The van der Waals surface area contributed by atoms with Crippen LogP contribution in [0.3, 0.4) is 0 Å². The lowest BCUT2D eigenvalue weighted by Crippen LogP contribution is -2.55. The van der Waals surface area contributed by atoms with Gasteiger partial charge in [0.1, 0.15) is 11.4 Å². The number of hydrogen-bond acceptors (Lipinski definition) is 9. The van der Waals surface area contributed by atoms with Crippen molar-refractivity contribution in [2.45, 2.75) is 37.5 Å². The molecule has 13 heteroatoms. The maximum Gasteiger partial charge on any atom is 0.405 e. The Labute approximate surface area is 188 Å². The van der Waals surface area contributed by atoms with E-state index in [1.54, 1.807) is 30.6 Å². The minimum Gasteiger partial charge on any atom is -0.465 e. The number of nitrogens with two attached hydrogens (primary N) is 1. The molecule has 1 aliphatic carbocycles. The summed E-state index contributed by atoms with van der Waals surface area (Å²) in [5.41, 5.74) is 6.87. The van der Waals surface area contributed by atoms with Gasteiger partial charge in [0.2, 0.25) is 5.95 Å². The first-order chi connectivity index (χ1) is 15.9. The number of primary amides is 1. The van der Waals surface area contributed by atoms with Crippen molar-refractivity contribution >= 4 is 29.5 Å². The van der Waals surface area contributed by atoms with Crippen LogP contribution >= 0.6 is 0 Å². The van der Waals surface area contributed by atoms with Gasteiger partial charge in [0.05, 0.1) is 36.3 Å². The average molecular weight is 453 g/mol. The first-order valence-corrected chi connectivity index (χ1v) is 10.3. The number of nitrogens with one attached hydrogen (secondary N) is 3. The maximum absolute atomic E-state index is 11.9. The van der Waals surface area contributed by atoms with E-state index in [1.807, 2.05) is 6.07 Å². The number of carbonyl (C=O) groups excluding carboxylic acids is 1. The Morgan fingerprint density at radius 2 is 1.97 bits per heavy atom. The van der Waals surface area contributed by atoms with E-state index in [1.165, 1.54) is 11.0 Å². The van der Waals surface area contributed by atoms with Crippen molar-refractivity contribution < 1.29 is 19.8 Å². The summed E-state index contributed by atoms with van der Waals surface area (Å²) in [6.07, 6.45) is 4.13. The summed E-state index contributed by atoms with van der Waals surface area (Å²) in [5.74, 6) is -0.388. The van der Waals surface area contributed by atoms with Crippen molar-refractivity contribution in [2.75, 3.05) is 10.6 Å². The lowest BCUT2D eigenvalue weighted by atomic mass is 9.88. The van der Waals surface area contributed by atoms with Crippen LogP contribution in [0.1, 0.15) is 29.6 Å². The summed E-state index contributed by atoms with van der Waals surface area (Å²) in [5, 5.41) is 36.0. The molecule has 1 aromatic carbocycles. The maximum atomic E-state index is 11.9. The highest BCUT2D eigenvalue weighted by molar-refractivity contribution is 5.98. The molecule has 13 nitrogen and oxygen atoms in total. The zero-order chi connectivity index (χ0) is 23.4. The molecule has 0 unspecified atom stereocenters. The van der Waals surface area contributed by atoms with Gasteiger partial charge in [-0.2, -0.15) is 20.0 Å². The molecule has 3 atom stereocenters. The monoisotopic (exact) mass is 453 g/mol. The predicted molar refractivity (Wildman–Crippen MR) is 117 cm³/mol. The number of aliphatic hydroxyl groups is 1. The summed E-state index contributed by atoms with van der Waals surface area (Å²) < 4.78 is 0. The summed E-state index contributed by atoms with van der Waals surface area (Å²) in [4.78, 5) is 33.1. The Morgan fingerprint density at radius 3 is 2.70 bits per heavy atom. The number of carbonyl (C=O) groups is 2. The SMILES string of the molecule is NC(=O)c1cnc(N[C@@H]2CCC[C@H](O)[C@@H]2NC(=O)O)nc1Nc1cccc(-n2nccn2)c1. The summed E-state index contributed by atoms with van der Waals surface area (Å²) in [7, 11) is 0. The third-order valence-electron chi connectivity index (χ3n) is 5.28. The van der Waals surface area contributed by atoms with Crippen LogP contribution in [0.2, 0.25) is 0 Å². The lowest BCUT2D eigenvalue weighted by Gasteiger charge is -2.35. The van der Waals surface area contributed by atoms with E-state index in [2.05, 4.69) is 36.1 Å². The highest BCUT2D eigenvalue weighted by Gasteiger charge is 2.34. The Kier molecular flexibility index (Phi) is 6.31. The molecule has 0 radical (unpaired) electrons. The first-order valence-electron chi connectivity index (χ1n) is 10.3. The van der Waals surface area contributed by atoms with Crippen LogP contribution in [0.15, 0.2) is 42.9 Å². The Balaban J connectivity index is 1.59. The molecule has 7 N–H and O–H groups in total. The zero-order valence-corrected chi connectivity index (χ0v) is 17.4. The number of benzene rings is 1. The van der Waals surface area contributed by atoms with Crippen LogP contribution in [0.25, 0.3) is 5.69 Å². The van der Waals surface area contributed by atoms with E-state index in [0.29, 0.717) is 30.6 Å². The second kappa shape index (κ2) is 9.48. The predicted octanol–water partition coefficient (Wildman–Crippen LogP) is 0.861. The number of anilines is 3. The summed E-state index contributed by atoms with van der Waals surface area (Å²) in [6.45, 7) is 0. The van der Waals surface area contributed by atoms with E-state index < -0.39 is 30.2 Å². The van der Waals surface area contributed by atoms with E-state index in [4.69, 9.17) is 10.8 Å². The van der Waals surface area contributed by atoms with Crippen molar-refractivity contribution in [3.8, 4) is 5.69 Å². The second-order valence-electron chi connectivity index (χ2n) is 7.54. The molecule has 1 fully saturated rings. The molecule has 172 valence electrons. The van der Waals surface area contributed by atoms with Crippen molar-refractivity contribution in [3.05, 3.63) is 48.4 Å². The summed E-state index contributed by atoms with van der Waals surface area (Å²) in [6, 6.07) is 5.98. The number of carboxylic acid groups (broad SMARTS) is 1. The molecule has 2 heterocycles. The van der Waals surface area contributed by atoms with Crippen LogP contribution in [0.4, 0.5) is 22.2 Å². The molecule has 0 bridgehead atoms. The van der Waals surface area contributed by atoms with Crippen LogP contribution in [0, 0.1) is 0 Å². The van der Waals surface area contributed by atoms with Crippen molar-refractivity contribution in [1.82, 2.24) is 30.3 Å². The number of amides is 2. The van der Waals surface area contributed by atoms with Crippen molar-refractivity contribution in [1.29, 1.82) is 0 Å². The number of nitrogens with zero attached hydrogens (tertiary/aromatic N) is 5. The Morgan fingerprint density at radius 1 is 1.18 bits per heavy atom. The van der Waals surface area contributed by atoms with Gasteiger partial charge in [-0.15, -0.1) is 0 Å². The molecule has 1 aliphatic rings. The molecule has 3 aromatic rings. The normalized spacial score (nSPS) is 20.1. The zero-order valence-electron chi connectivity index (χ0n) is 17.4. The quantitative estimate of drug-likeness (QED) is 0.299. The third kappa shape index (κ3) is 5.15. The molecule has 2 amide bonds. The minimum atomic E-state index is -1.23. The molecule has 33 heavy (non-hydrogen) atoms. The van der Waals surface area contributed by atoms with Crippen LogP contribution in [0.5, 0.6) is 0 Å². The van der Waals surface area contributed by atoms with Crippen LogP contribution in [-0.2, 0) is 0 Å². The molecule has 0 spiro atoms. The van der Waals surface area contributed by atoms with E-state index in [9.17, 15) is 14.7 Å². The fourth-order valence-corrected chi connectivity index (χ4v) is 3.76. The minimum absolute atomic E-state index is 0.0760. The van der Waals surface area contributed by atoms with Gasteiger partial charge < -0.3 is 31.9 Å². The van der Waals surface area contributed by atoms with Crippen LogP contribution < -0.4 is 21.7 Å². The standard InChI is InChI=1S/C20H23N9O4/c21-17(31)13-10-22-19(26-14-5-2-6-15(30)16(14)27-20(32)33)28-18(13)25-11-3-1-4-12(9-11)29-23-7-8-24-29/h1,3-4,7-10,14-16,27,30H,2,5-6H2,(H2,21,31)(H,32,33)(H2,22,25,26,28)/t14-,15+,16-/m1/s1. The van der Waals surface area contributed by atoms with Gasteiger partial charge in [-0.1, -0.05) is 6.07 Å². The van der Waals surface area contributed by atoms with Crippen molar-refractivity contribution in [3.63, 3.8) is 0 Å². The average Bonchev–Trinajstić information content (AvgIpc) is 3.31. The van der Waals surface area contributed by atoms with E-state index >= 15 is 0 Å². The summed E-state index contributed by atoms with van der Waals surface area (Å²) >= 11 is 0. The van der Waals surface area contributed by atoms with Gasteiger partial charge in [-0.25, -0.2) is 9.78 Å². The molecular weight excluding hydrogens is 430 g/mol. The number of hydrogen-bond donors (Lipinski definition) is 6. The fraction of sp³-hybridized carbons (Fsp3) is 0.300. The number of rotatable bonds is 7. The Hall–Kier alpha value is -4.26. The van der Waals surface area contributed by atoms with Gasteiger partial charge >= 0.3 is 6.09 Å². The third-order valence-corrected chi connectivity index (χ3v) is 5.28. The van der Waals surface area contributed by atoms with Gasteiger partial charge in [-0.05, 0) is 37.5 Å².